The van der Waals surface area contributed by atoms with Crippen molar-refractivity contribution in [1.29, 1.82) is 0 Å². The zero-order chi connectivity index (χ0) is 14.9. The Bertz CT molecular complexity index is 534. The Morgan fingerprint density at radius 3 is 3.05 bits per heavy atom. The molecule has 1 aromatic rings. The van der Waals surface area contributed by atoms with Crippen LogP contribution in [-0.4, -0.2) is 53.1 Å². The fourth-order valence-electron chi connectivity index (χ4n) is 3.23. The molecule has 2 atom stereocenters. The second kappa shape index (κ2) is 6.01. The number of nitrogens with zero attached hydrogens (tertiary/aromatic N) is 3. The van der Waals surface area contributed by atoms with Gasteiger partial charge in [0.1, 0.15) is 0 Å². The number of carbonyl (C=O) groups excluding carboxylic acids is 1. The molecule has 2 aliphatic heterocycles. The molecule has 120 valence electrons. The van der Waals surface area contributed by atoms with E-state index in [1.807, 2.05) is 15.6 Å². The number of rotatable bonds is 4. The molecule has 0 unspecified atom stereocenters. The summed E-state index contributed by atoms with van der Waals surface area (Å²) in [6.45, 7) is 4.09. The molecule has 1 saturated carbocycles. The fraction of sp³-hybridized carbons (Fsp3) is 0.750. The molecular weight excluding hydrogens is 282 g/mol. The van der Waals surface area contributed by atoms with Crippen molar-refractivity contribution in [2.24, 2.45) is 11.8 Å². The van der Waals surface area contributed by atoms with Crippen LogP contribution in [-0.2, 0) is 27.4 Å². The van der Waals surface area contributed by atoms with Crippen LogP contribution in [0.25, 0.3) is 0 Å². The van der Waals surface area contributed by atoms with Crippen LogP contribution in [0.4, 0.5) is 0 Å². The molecule has 6 heteroatoms. The Morgan fingerprint density at radius 2 is 2.27 bits per heavy atom. The topological polar surface area (TPSA) is 56.6 Å². The predicted octanol–water partition coefficient (Wildman–Crippen LogP) is 1.06. The van der Waals surface area contributed by atoms with E-state index in [1.54, 1.807) is 6.20 Å². The maximum atomic E-state index is 12.7. The van der Waals surface area contributed by atoms with Crippen LogP contribution >= 0.6 is 0 Å². The molecule has 3 aliphatic rings. The number of amides is 1. The first-order valence-electron chi connectivity index (χ1n) is 8.28. The highest BCUT2D eigenvalue weighted by atomic mass is 16.5. The summed E-state index contributed by atoms with van der Waals surface area (Å²) in [6, 6.07) is 1.99. The van der Waals surface area contributed by atoms with Crippen LogP contribution in [0.1, 0.15) is 25.0 Å². The molecule has 1 aliphatic carbocycles. The molecule has 0 N–H and O–H groups in total. The average Bonchev–Trinajstić information content (AvgIpc) is 3.05. The van der Waals surface area contributed by atoms with Gasteiger partial charge in [0.05, 0.1) is 37.4 Å². The normalized spacial score (nSPS) is 28.5. The van der Waals surface area contributed by atoms with E-state index >= 15 is 0 Å². The summed E-state index contributed by atoms with van der Waals surface area (Å²) in [7, 11) is 0. The van der Waals surface area contributed by atoms with Crippen LogP contribution in [0.2, 0.25) is 0 Å². The van der Waals surface area contributed by atoms with Gasteiger partial charge >= 0.3 is 0 Å². The quantitative estimate of drug-likeness (QED) is 0.834. The van der Waals surface area contributed by atoms with Crippen LogP contribution in [0.5, 0.6) is 0 Å². The first-order chi connectivity index (χ1) is 10.8. The molecular formula is C16H23N3O3. The monoisotopic (exact) mass is 305 g/mol. The number of carbonyl (C=O) groups is 1. The highest BCUT2D eigenvalue weighted by Crippen LogP contribution is 2.30. The summed E-state index contributed by atoms with van der Waals surface area (Å²) in [5, 5.41) is 4.38. The lowest BCUT2D eigenvalue weighted by atomic mass is 10.1. The molecule has 0 radical (unpaired) electrons. The van der Waals surface area contributed by atoms with Crippen molar-refractivity contribution in [3.63, 3.8) is 0 Å². The third-order valence-corrected chi connectivity index (χ3v) is 4.81. The standard InChI is InChI=1S/C16H23N3O3/c20-16(13-4-6-21-11-13)18-7-14-3-5-17-19(14)9-15(8-18)22-10-12-1-2-12/h3,5,12-13,15H,1-2,4,6-11H2/t13-,15-/m0/s1. The average molecular weight is 305 g/mol. The Morgan fingerprint density at radius 1 is 1.36 bits per heavy atom. The molecule has 1 saturated heterocycles. The molecule has 1 amide bonds. The van der Waals surface area contributed by atoms with Gasteiger partial charge < -0.3 is 14.4 Å². The predicted molar refractivity (Wildman–Crippen MR) is 79.0 cm³/mol. The van der Waals surface area contributed by atoms with Gasteiger partial charge in [-0.25, -0.2) is 0 Å². The summed E-state index contributed by atoms with van der Waals surface area (Å²) >= 11 is 0. The van der Waals surface area contributed by atoms with Crippen molar-refractivity contribution in [3.8, 4) is 0 Å². The summed E-state index contributed by atoms with van der Waals surface area (Å²) in [5.41, 5.74) is 1.09. The Balaban J connectivity index is 1.48. The third-order valence-electron chi connectivity index (χ3n) is 4.81. The minimum Gasteiger partial charge on any atom is -0.381 e. The summed E-state index contributed by atoms with van der Waals surface area (Å²) in [6.07, 6.45) is 5.24. The molecule has 1 aromatic heterocycles. The second-order valence-electron chi connectivity index (χ2n) is 6.68. The van der Waals surface area contributed by atoms with E-state index in [0.717, 1.165) is 31.2 Å². The maximum Gasteiger partial charge on any atom is 0.228 e. The van der Waals surface area contributed by atoms with Crippen LogP contribution in [0.3, 0.4) is 0 Å². The summed E-state index contributed by atoms with van der Waals surface area (Å²) in [4.78, 5) is 14.7. The minimum absolute atomic E-state index is 0.0125. The van der Waals surface area contributed by atoms with E-state index in [9.17, 15) is 4.79 Å². The minimum atomic E-state index is 0.0125. The van der Waals surface area contributed by atoms with Gasteiger partial charge in [0.2, 0.25) is 5.91 Å². The highest BCUT2D eigenvalue weighted by Gasteiger charge is 2.33. The van der Waals surface area contributed by atoms with E-state index in [-0.39, 0.29) is 17.9 Å². The molecule has 0 bridgehead atoms. The van der Waals surface area contributed by atoms with E-state index < -0.39 is 0 Å². The lowest BCUT2D eigenvalue weighted by Crippen LogP contribution is -2.41. The van der Waals surface area contributed by atoms with Gasteiger partial charge in [-0.2, -0.15) is 5.10 Å². The third kappa shape index (κ3) is 3.03. The second-order valence-corrected chi connectivity index (χ2v) is 6.68. The molecule has 6 nitrogen and oxygen atoms in total. The van der Waals surface area contributed by atoms with Crippen molar-refractivity contribution < 1.29 is 14.3 Å². The fourth-order valence-corrected chi connectivity index (χ4v) is 3.23. The van der Waals surface area contributed by atoms with Crippen molar-refractivity contribution in [1.82, 2.24) is 14.7 Å². The SMILES string of the molecule is O=C([C@H]1CCOC1)N1Cc2ccnn2C[C@@H](OCC2CC2)C1. The van der Waals surface area contributed by atoms with Gasteiger partial charge in [-0.15, -0.1) is 0 Å². The van der Waals surface area contributed by atoms with Crippen LogP contribution in [0, 0.1) is 11.8 Å². The number of hydrogen-bond acceptors (Lipinski definition) is 4. The Hall–Kier alpha value is -1.40. The number of hydrogen-bond donors (Lipinski definition) is 0. The van der Waals surface area contributed by atoms with Gasteiger partial charge in [-0.05, 0) is 31.2 Å². The van der Waals surface area contributed by atoms with E-state index in [0.29, 0.717) is 26.3 Å². The van der Waals surface area contributed by atoms with E-state index in [2.05, 4.69) is 5.10 Å². The van der Waals surface area contributed by atoms with Crippen molar-refractivity contribution >= 4 is 5.91 Å². The lowest BCUT2D eigenvalue weighted by molar-refractivity contribution is -0.138. The van der Waals surface area contributed by atoms with Crippen molar-refractivity contribution in [2.75, 3.05) is 26.4 Å². The maximum absolute atomic E-state index is 12.7. The van der Waals surface area contributed by atoms with Gasteiger partial charge in [-0.3, -0.25) is 9.48 Å². The van der Waals surface area contributed by atoms with Crippen molar-refractivity contribution in [2.45, 2.75) is 38.5 Å². The first kappa shape index (κ1) is 14.2. The summed E-state index contributed by atoms with van der Waals surface area (Å²) < 4.78 is 13.4. The molecule has 0 spiro atoms. The largest absolute Gasteiger partial charge is 0.381 e. The van der Waals surface area contributed by atoms with E-state index in [1.165, 1.54) is 12.8 Å². The van der Waals surface area contributed by atoms with Crippen LogP contribution in [0.15, 0.2) is 12.3 Å². The van der Waals surface area contributed by atoms with Crippen LogP contribution < -0.4 is 0 Å². The van der Waals surface area contributed by atoms with Gasteiger partial charge in [0.25, 0.3) is 0 Å². The highest BCUT2D eigenvalue weighted by molar-refractivity contribution is 5.79. The number of fused-ring (bicyclic) bond motifs is 1. The number of aromatic nitrogens is 2. The molecule has 3 heterocycles. The zero-order valence-electron chi connectivity index (χ0n) is 12.8. The molecule has 2 fully saturated rings. The molecule has 22 heavy (non-hydrogen) atoms. The van der Waals surface area contributed by atoms with Gasteiger partial charge in [0, 0.05) is 26.0 Å². The molecule has 4 rings (SSSR count). The van der Waals surface area contributed by atoms with Crippen molar-refractivity contribution in [3.05, 3.63) is 18.0 Å². The zero-order valence-corrected chi connectivity index (χ0v) is 12.8. The Labute approximate surface area is 130 Å². The lowest BCUT2D eigenvalue weighted by Gasteiger charge is -2.26. The number of ether oxygens (including phenoxy) is 2. The van der Waals surface area contributed by atoms with E-state index in [4.69, 9.17) is 9.47 Å². The van der Waals surface area contributed by atoms with Gasteiger partial charge in [0.15, 0.2) is 0 Å². The smallest absolute Gasteiger partial charge is 0.228 e. The van der Waals surface area contributed by atoms with Gasteiger partial charge in [-0.1, -0.05) is 0 Å². The molecule has 0 aromatic carbocycles. The Kier molecular flexibility index (Phi) is 3.88. The summed E-state index contributed by atoms with van der Waals surface area (Å²) in [5.74, 6) is 0.943. The first-order valence-corrected chi connectivity index (χ1v) is 8.28.